The lowest BCUT2D eigenvalue weighted by Gasteiger charge is -2.12. The van der Waals surface area contributed by atoms with Gasteiger partial charge in [-0.15, -0.1) is 0 Å². The standard InChI is InChI=1S/C12H13ClN4O2/c1-12(2,3)8-4-10(19-17-8)16-11(18)7-5-14-6-9(13)15-7/h4-6H,1-3H3,(H,16,18). The van der Waals surface area contributed by atoms with Gasteiger partial charge in [0.05, 0.1) is 18.1 Å². The van der Waals surface area contributed by atoms with Crippen LogP contribution in [0.1, 0.15) is 37.0 Å². The first-order valence-electron chi connectivity index (χ1n) is 5.62. The summed E-state index contributed by atoms with van der Waals surface area (Å²) in [6.07, 6.45) is 2.67. The molecule has 2 aromatic heterocycles. The van der Waals surface area contributed by atoms with Crippen molar-refractivity contribution >= 4 is 23.4 Å². The molecule has 0 aliphatic rings. The maximum absolute atomic E-state index is 11.9. The second-order valence-corrected chi connectivity index (χ2v) is 5.39. The molecule has 0 unspecified atom stereocenters. The van der Waals surface area contributed by atoms with E-state index in [4.69, 9.17) is 16.1 Å². The minimum absolute atomic E-state index is 0.112. The first kappa shape index (κ1) is 13.5. The Balaban J connectivity index is 2.13. The fourth-order valence-electron chi connectivity index (χ4n) is 1.32. The average molecular weight is 281 g/mol. The van der Waals surface area contributed by atoms with Gasteiger partial charge >= 0.3 is 0 Å². The van der Waals surface area contributed by atoms with Crippen molar-refractivity contribution in [3.05, 3.63) is 35.0 Å². The van der Waals surface area contributed by atoms with Crippen LogP contribution in [0.2, 0.25) is 5.15 Å². The fourth-order valence-corrected chi connectivity index (χ4v) is 1.46. The van der Waals surface area contributed by atoms with Gasteiger partial charge in [0.15, 0.2) is 0 Å². The molecule has 0 atom stereocenters. The van der Waals surface area contributed by atoms with Crippen molar-refractivity contribution in [3.63, 3.8) is 0 Å². The van der Waals surface area contributed by atoms with Gasteiger partial charge in [0.1, 0.15) is 10.8 Å². The monoisotopic (exact) mass is 280 g/mol. The summed E-state index contributed by atoms with van der Waals surface area (Å²) in [6.45, 7) is 6.00. The van der Waals surface area contributed by atoms with Gasteiger partial charge in [0.25, 0.3) is 5.91 Å². The Labute approximate surface area is 115 Å². The fraction of sp³-hybridized carbons (Fsp3) is 0.333. The molecule has 0 fully saturated rings. The summed E-state index contributed by atoms with van der Waals surface area (Å²) in [7, 11) is 0. The molecule has 0 aliphatic carbocycles. The highest BCUT2D eigenvalue weighted by Crippen LogP contribution is 2.23. The van der Waals surface area contributed by atoms with Crippen molar-refractivity contribution in [2.75, 3.05) is 5.32 Å². The lowest BCUT2D eigenvalue weighted by molar-refractivity contribution is 0.101. The van der Waals surface area contributed by atoms with E-state index in [0.29, 0.717) is 0 Å². The molecule has 0 radical (unpaired) electrons. The molecule has 2 rings (SSSR count). The van der Waals surface area contributed by atoms with Gasteiger partial charge in [-0.1, -0.05) is 37.5 Å². The van der Waals surface area contributed by atoms with Gasteiger partial charge < -0.3 is 4.52 Å². The Kier molecular flexibility index (Phi) is 3.53. The molecule has 100 valence electrons. The summed E-state index contributed by atoms with van der Waals surface area (Å²) in [5.74, 6) is -0.191. The zero-order valence-electron chi connectivity index (χ0n) is 10.8. The number of carbonyl (C=O) groups is 1. The van der Waals surface area contributed by atoms with Crippen LogP contribution in [0.3, 0.4) is 0 Å². The molecule has 0 aromatic carbocycles. The quantitative estimate of drug-likeness (QED) is 0.914. The topological polar surface area (TPSA) is 80.9 Å². The molecule has 7 heteroatoms. The lowest BCUT2D eigenvalue weighted by atomic mass is 9.92. The van der Waals surface area contributed by atoms with Crippen LogP contribution in [0.4, 0.5) is 5.88 Å². The summed E-state index contributed by atoms with van der Waals surface area (Å²) >= 11 is 5.67. The highest BCUT2D eigenvalue weighted by Gasteiger charge is 2.20. The number of halogens is 1. The summed E-state index contributed by atoms with van der Waals surface area (Å²) in [4.78, 5) is 19.5. The summed E-state index contributed by atoms with van der Waals surface area (Å²) in [6, 6.07) is 1.68. The molecule has 6 nitrogen and oxygen atoms in total. The first-order chi connectivity index (χ1) is 8.86. The van der Waals surface area contributed by atoms with Crippen LogP contribution in [0.15, 0.2) is 23.0 Å². The van der Waals surface area contributed by atoms with Gasteiger partial charge in [-0.05, 0) is 0 Å². The number of rotatable bonds is 2. The molecule has 0 saturated heterocycles. The third-order valence-corrected chi connectivity index (χ3v) is 2.54. The average Bonchev–Trinajstić information content (AvgIpc) is 2.77. The normalized spacial score (nSPS) is 11.4. The smallest absolute Gasteiger partial charge is 0.278 e. The number of aromatic nitrogens is 3. The second kappa shape index (κ2) is 4.97. The predicted molar refractivity (Wildman–Crippen MR) is 70.2 cm³/mol. The Bertz CT molecular complexity index is 604. The molecule has 0 spiro atoms. The van der Waals surface area contributed by atoms with E-state index in [1.165, 1.54) is 12.4 Å². The van der Waals surface area contributed by atoms with Gasteiger partial charge in [0.2, 0.25) is 5.88 Å². The summed E-state index contributed by atoms with van der Waals surface area (Å²) < 4.78 is 5.05. The van der Waals surface area contributed by atoms with E-state index in [9.17, 15) is 4.79 Å². The third kappa shape index (κ3) is 3.29. The number of nitrogens with one attached hydrogen (secondary N) is 1. The largest absolute Gasteiger partial charge is 0.338 e. The minimum atomic E-state index is -0.452. The van der Waals surface area contributed by atoms with Crippen LogP contribution in [0.25, 0.3) is 0 Å². The highest BCUT2D eigenvalue weighted by atomic mass is 35.5. The van der Waals surface area contributed by atoms with E-state index in [-0.39, 0.29) is 22.1 Å². The number of nitrogens with zero attached hydrogens (tertiary/aromatic N) is 3. The molecule has 0 saturated carbocycles. The molecule has 0 aliphatic heterocycles. The molecular formula is C12H13ClN4O2. The van der Waals surface area contributed by atoms with E-state index in [1.54, 1.807) is 6.07 Å². The van der Waals surface area contributed by atoms with E-state index >= 15 is 0 Å². The van der Waals surface area contributed by atoms with Crippen molar-refractivity contribution in [1.29, 1.82) is 0 Å². The van der Waals surface area contributed by atoms with Crippen LogP contribution in [0.5, 0.6) is 0 Å². The molecule has 1 N–H and O–H groups in total. The zero-order valence-corrected chi connectivity index (χ0v) is 11.5. The van der Waals surface area contributed by atoms with E-state index in [0.717, 1.165) is 5.69 Å². The number of anilines is 1. The van der Waals surface area contributed by atoms with Crippen LogP contribution >= 0.6 is 11.6 Å². The number of hydrogen-bond acceptors (Lipinski definition) is 5. The van der Waals surface area contributed by atoms with Gasteiger partial charge in [-0.25, -0.2) is 4.98 Å². The number of carbonyl (C=O) groups excluding carboxylic acids is 1. The van der Waals surface area contributed by atoms with Crippen molar-refractivity contribution in [1.82, 2.24) is 15.1 Å². The van der Waals surface area contributed by atoms with Gasteiger partial charge in [-0.3, -0.25) is 15.1 Å². The number of hydrogen-bond donors (Lipinski definition) is 1. The first-order valence-corrected chi connectivity index (χ1v) is 6.00. The van der Waals surface area contributed by atoms with Gasteiger partial charge in [0, 0.05) is 11.5 Å². The van der Waals surface area contributed by atoms with E-state index in [1.807, 2.05) is 20.8 Å². The maximum Gasteiger partial charge on any atom is 0.278 e. The SMILES string of the molecule is CC(C)(C)c1cc(NC(=O)c2cncc(Cl)n2)on1. The highest BCUT2D eigenvalue weighted by molar-refractivity contribution is 6.29. The Morgan fingerprint density at radius 1 is 1.37 bits per heavy atom. The van der Waals surface area contributed by atoms with Crippen LogP contribution < -0.4 is 5.32 Å². The second-order valence-electron chi connectivity index (χ2n) is 5.01. The van der Waals surface area contributed by atoms with E-state index < -0.39 is 5.91 Å². The summed E-state index contributed by atoms with van der Waals surface area (Å²) in [5.41, 5.74) is 0.712. The van der Waals surface area contributed by atoms with Gasteiger partial charge in [-0.2, -0.15) is 0 Å². The molecule has 0 bridgehead atoms. The Morgan fingerprint density at radius 3 is 2.68 bits per heavy atom. The third-order valence-electron chi connectivity index (χ3n) is 2.35. The predicted octanol–water partition coefficient (Wildman–Crippen LogP) is 2.67. The Morgan fingerprint density at radius 2 is 2.11 bits per heavy atom. The Hall–Kier alpha value is -1.95. The molecular weight excluding hydrogens is 268 g/mol. The molecule has 2 heterocycles. The van der Waals surface area contributed by atoms with Crippen LogP contribution in [-0.4, -0.2) is 21.0 Å². The molecule has 1 amide bonds. The van der Waals surface area contributed by atoms with E-state index in [2.05, 4.69) is 20.4 Å². The summed E-state index contributed by atoms with van der Waals surface area (Å²) in [5, 5.41) is 6.60. The number of amides is 1. The van der Waals surface area contributed by atoms with Crippen molar-refractivity contribution in [2.45, 2.75) is 26.2 Å². The zero-order chi connectivity index (χ0) is 14.0. The maximum atomic E-state index is 11.9. The molecule has 2 aromatic rings. The van der Waals surface area contributed by atoms with Crippen LogP contribution in [-0.2, 0) is 5.41 Å². The molecule has 19 heavy (non-hydrogen) atoms. The van der Waals surface area contributed by atoms with Crippen LogP contribution in [0, 0.1) is 0 Å². The van der Waals surface area contributed by atoms with Crippen molar-refractivity contribution in [2.24, 2.45) is 0 Å². The minimum Gasteiger partial charge on any atom is -0.338 e. The lowest BCUT2D eigenvalue weighted by Crippen LogP contribution is -2.14. The van der Waals surface area contributed by atoms with Crippen molar-refractivity contribution in [3.8, 4) is 0 Å². The van der Waals surface area contributed by atoms with Crippen molar-refractivity contribution < 1.29 is 9.32 Å².